The van der Waals surface area contributed by atoms with Gasteiger partial charge in [-0.2, -0.15) is 0 Å². The van der Waals surface area contributed by atoms with E-state index in [0.29, 0.717) is 0 Å². The van der Waals surface area contributed by atoms with Crippen molar-refractivity contribution in [2.45, 2.75) is 19.6 Å². The molecule has 0 bridgehead atoms. The summed E-state index contributed by atoms with van der Waals surface area (Å²) < 4.78 is 0. The first-order chi connectivity index (χ1) is 8.83. The number of hydrogen-bond acceptors (Lipinski definition) is 2. The van der Waals surface area contributed by atoms with Crippen LogP contribution < -0.4 is 0 Å². The van der Waals surface area contributed by atoms with E-state index in [4.69, 9.17) is 0 Å². The van der Waals surface area contributed by atoms with E-state index in [0.717, 1.165) is 5.56 Å². The SMILES string of the molecule is C=Cc1ccc2c(c1C=C)Sc1ccccc1S2.[Pb]. The zero-order valence-corrected chi connectivity index (χ0v) is 15.9. The Labute approximate surface area is 142 Å². The molecular weight excluding hydrogens is 464 g/mol. The Balaban J connectivity index is 0.00000133. The van der Waals surface area contributed by atoms with Crippen LogP contribution in [0.15, 0.2) is 69.1 Å². The van der Waals surface area contributed by atoms with Crippen LogP contribution in [0.1, 0.15) is 11.1 Å². The van der Waals surface area contributed by atoms with Gasteiger partial charge in [-0.05, 0) is 29.3 Å². The summed E-state index contributed by atoms with van der Waals surface area (Å²) in [4.78, 5) is 5.25. The Hall–Kier alpha value is -0.458. The summed E-state index contributed by atoms with van der Waals surface area (Å²) in [6.45, 7) is 7.80. The Morgan fingerprint density at radius 3 is 2.11 bits per heavy atom. The van der Waals surface area contributed by atoms with Crippen molar-refractivity contribution < 1.29 is 0 Å². The maximum Gasteiger partial charge on any atom is 0.0340 e. The third kappa shape index (κ3) is 2.71. The van der Waals surface area contributed by atoms with Crippen molar-refractivity contribution in [1.82, 2.24) is 0 Å². The molecular formula is C16H12PbS2. The summed E-state index contributed by atoms with van der Waals surface area (Å²) in [6.07, 6.45) is 3.82. The molecule has 0 spiro atoms. The molecule has 1 aliphatic heterocycles. The van der Waals surface area contributed by atoms with Gasteiger partial charge in [0.25, 0.3) is 0 Å². The molecule has 4 radical (unpaired) electrons. The molecule has 0 atom stereocenters. The molecule has 2 aromatic rings. The first kappa shape index (κ1) is 14.9. The molecule has 3 rings (SSSR count). The van der Waals surface area contributed by atoms with E-state index in [1.54, 1.807) is 0 Å². The Morgan fingerprint density at radius 1 is 0.789 bits per heavy atom. The summed E-state index contributed by atoms with van der Waals surface area (Å²) in [5, 5.41) is 0. The summed E-state index contributed by atoms with van der Waals surface area (Å²) in [7, 11) is 0. The summed E-state index contributed by atoms with van der Waals surface area (Å²) in [5.41, 5.74) is 2.34. The van der Waals surface area contributed by atoms with Gasteiger partial charge in [0.05, 0.1) is 0 Å². The average molecular weight is 476 g/mol. The van der Waals surface area contributed by atoms with E-state index < -0.39 is 0 Å². The molecule has 1 heterocycles. The van der Waals surface area contributed by atoms with Crippen LogP contribution >= 0.6 is 23.5 Å². The second-order valence-corrected chi connectivity index (χ2v) is 6.09. The van der Waals surface area contributed by atoms with E-state index in [-0.39, 0.29) is 27.3 Å². The van der Waals surface area contributed by atoms with Gasteiger partial charge >= 0.3 is 0 Å². The van der Waals surface area contributed by atoms with Crippen LogP contribution in [0.5, 0.6) is 0 Å². The number of rotatable bonds is 2. The topological polar surface area (TPSA) is 0 Å². The van der Waals surface area contributed by atoms with Gasteiger partial charge in [-0.25, -0.2) is 0 Å². The number of hydrogen-bond donors (Lipinski definition) is 0. The molecule has 0 nitrogen and oxygen atoms in total. The average Bonchev–Trinajstić information content (AvgIpc) is 2.43. The van der Waals surface area contributed by atoms with Crippen LogP contribution in [0.4, 0.5) is 0 Å². The molecule has 0 aliphatic carbocycles. The molecule has 3 heteroatoms. The van der Waals surface area contributed by atoms with Gasteiger partial charge in [-0.1, -0.05) is 67.0 Å². The Kier molecular flexibility index (Phi) is 4.98. The van der Waals surface area contributed by atoms with Crippen LogP contribution in [0.3, 0.4) is 0 Å². The minimum atomic E-state index is 0. The van der Waals surface area contributed by atoms with Gasteiger partial charge in [0.2, 0.25) is 0 Å². The fourth-order valence-corrected chi connectivity index (χ4v) is 4.42. The van der Waals surface area contributed by atoms with Crippen molar-refractivity contribution in [1.29, 1.82) is 0 Å². The van der Waals surface area contributed by atoms with Crippen molar-refractivity contribution >= 4 is 63.0 Å². The first-order valence-corrected chi connectivity index (χ1v) is 7.33. The van der Waals surface area contributed by atoms with Gasteiger partial charge in [0.15, 0.2) is 0 Å². The summed E-state index contributed by atoms with van der Waals surface area (Å²) in [5.74, 6) is 0. The summed E-state index contributed by atoms with van der Waals surface area (Å²) in [6, 6.07) is 12.8. The van der Waals surface area contributed by atoms with Crippen molar-refractivity contribution in [3.8, 4) is 0 Å². The van der Waals surface area contributed by atoms with E-state index >= 15 is 0 Å². The molecule has 1 aliphatic rings. The molecule has 2 aromatic carbocycles. The monoisotopic (exact) mass is 476 g/mol. The third-order valence-electron chi connectivity index (χ3n) is 2.90. The van der Waals surface area contributed by atoms with Gasteiger partial charge in [0.1, 0.15) is 0 Å². The minimum absolute atomic E-state index is 0. The largest absolute Gasteiger partial charge is 0.0984 e. The second-order valence-electron chi connectivity index (χ2n) is 3.95. The van der Waals surface area contributed by atoms with Crippen LogP contribution in [0, 0.1) is 0 Å². The van der Waals surface area contributed by atoms with Gasteiger partial charge < -0.3 is 0 Å². The maximum atomic E-state index is 3.93. The fourth-order valence-electron chi connectivity index (χ4n) is 2.02. The Bertz CT molecular complexity index is 647. The van der Waals surface area contributed by atoms with Gasteiger partial charge in [-0.15, -0.1) is 0 Å². The predicted octanol–water partition coefficient (Wildman–Crippen LogP) is 5.21. The van der Waals surface area contributed by atoms with Gasteiger partial charge in [-0.3, -0.25) is 0 Å². The molecule has 0 saturated carbocycles. The standard InChI is InChI=1S/C16H12S2.Pb/c1-3-11-9-10-15-16(12(11)4-2)18-14-8-6-5-7-13(14)17-15;/h3-10H,1-2H2;. The zero-order chi connectivity index (χ0) is 12.5. The van der Waals surface area contributed by atoms with Crippen LogP contribution in [0.2, 0.25) is 0 Å². The van der Waals surface area contributed by atoms with Crippen molar-refractivity contribution in [2.24, 2.45) is 0 Å². The van der Waals surface area contributed by atoms with E-state index in [1.165, 1.54) is 25.1 Å². The molecule has 0 amide bonds. The zero-order valence-electron chi connectivity index (χ0n) is 10.3. The van der Waals surface area contributed by atoms with Crippen molar-refractivity contribution in [3.05, 3.63) is 60.7 Å². The third-order valence-corrected chi connectivity index (χ3v) is 5.51. The van der Waals surface area contributed by atoms with Crippen LogP contribution in [0.25, 0.3) is 12.2 Å². The number of fused-ring (bicyclic) bond motifs is 2. The van der Waals surface area contributed by atoms with E-state index in [9.17, 15) is 0 Å². The van der Waals surface area contributed by atoms with E-state index in [1.807, 2.05) is 35.7 Å². The molecule has 19 heavy (non-hydrogen) atoms. The van der Waals surface area contributed by atoms with Crippen molar-refractivity contribution in [3.63, 3.8) is 0 Å². The smallest absolute Gasteiger partial charge is 0.0340 e. The molecule has 0 fully saturated rings. The Morgan fingerprint density at radius 2 is 1.47 bits per heavy atom. The minimum Gasteiger partial charge on any atom is -0.0984 e. The molecule has 0 N–H and O–H groups in total. The maximum absolute atomic E-state index is 3.93. The summed E-state index contributed by atoms with van der Waals surface area (Å²) >= 11 is 3.65. The number of benzene rings is 2. The van der Waals surface area contributed by atoms with Crippen LogP contribution in [-0.4, -0.2) is 27.3 Å². The normalized spacial score (nSPS) is 11.8. The molecule has 0 unspecified atom stereocenters. The quantitative estimate of drug-likeness (QED) is 0.467. The van der Waals surface area contributed by atoms with Gasteiger partial charge in [0, 0.05) is 46.9 Å². The van der Waals surface area contributed by atoms with E-state index in [2.05, 4.69) is 49.6 Å². The molecule has 0 aromatic heterocycles. The molecule has 0 saturated heterocycles. The molecule has 92 valence electrons. The predicted molar refractivity (Wildman–Crippen MR) is 87.1 cm³/mol. The van der Waals surface area contributed by atoms with Crippen LogP contribution in [-0.2, 0) is 0 Å². The van der Waals surface area contributed by atoms with Crippen molar-refractivity contribution in [2.75, 3.05) is 0 Å². The first-order valence-electron chi connectivity index (χ1n) is 5.70. The fraction of sp³-hybridized carbons (Fsp3) is 0. The second kappa shape index (κ2) is 6.33.